The van der Waals surface area contributed by atoms with Gasteiger partial charge in [0, 0.05) is 10.5 Å². The van der Waals surface area contributed by atoms with E-state index < -0.39 is 0 Å². The molecule has 0 bridgehead atoms. The SMILES string of the molecule is COc1cc(/C=C2/SC(=O)N(Cc3cccc(Br)c3)C2=O)cc(OC)c1. The lowest BCUT2D eigenvalue weighted by molar-refractivity contribution is -0.123. The molecule has 7 heteroatoms. The van der Waals surface area contributed by atoms with E-state index in [0.29, 0.717) is 16.4 Å². The van der Waals surface area contributed by atoms with Crippen LogP contribution in [-0.4, -0.2) is 30.3 Å². The fraction of sp³-hybridized carbons (Fsp3) is 0.158. The average Bonchev–Trinajstić information content (AvgIpc) is 2.89. The van der Waals surface area contributed by atoms with E-state index in [0.717, 1.165) is 27.4 Å². The summed E-state index contributed by atoms with van der Waals surface area (Å²) in [5.41, 5.74) is 1.61. The van der Waals surface area contributed by atoms with Crippen LogP contribution in [0.3, 0.4) is 0 Å². The first-order valence-corrected chi connectivity index (χ1v) is 9.34. The number of amides is 2. The molecule has 0 aromatic heterocycles. The second-order valence-electron chi connectivity index (χ2n) is 5.54. The van der Waals surface area contributed by atoms with Gasteiger partial charge in [-0.3, -0.25) is 14.5 Å². The molecule has 0 N–H and O–H groups in total. The highest BCUT2D eigenvalue weighted by Crippen LogP contribution is 2.34. The Balaban J connectivity index is 1.85. The van der Waals surface area contributed by atoms with Gasteiger partial charge in [0.05, 0.1) is 25.7 Å². The van der Waals surface area contributed by atoms with E-state index in [4.69, 9.17) is 9.47 Å². The second kappa shape index (κ2) is 7.97. The fourth-order valence-corrected chi connectivity index (χ4v) is 3.80. The Labute approximate surface area is 164 Å². The zero-order valence-electron chi connectivity index (χ0n) is 14.2. The molecular weight excluding hydrogens is 418 g/mol. The minimum Gasteiger partial charge on any atom is -0.497 e. The topological polar surface area (TPSA) is 55.8 Å². The number of carbonyl (C=O) groups excluding carboxylic acids is 2. The van der Waals surface area contributed by atoms with Crippen molar-refractivity contribution in [1.29, 1.82) is 0 Å². The molecular formula is C19H16BrNO4S. The van der Waals surface area contributed by atoms with Gasteiger partial charge in [0.2, 0.25) is 0 Å². The number of nitrogens with zero attached hydrogens (tertiary/aromatic N) is 1. The third kappa shape index (κ3) is 4.11. The Bertz CT molecular complexity index is 875. The number of methoxy groups -OCH3 is 2. The molecule has 134 valence electrons. The van der Waals surface area contributed by atoms with Crippen molar-refractivity contribution in [3.63, 3.8) is 0 Å². The van der Waals surface area contributed by atoms with Crippen LogP contribution in [0.15, 0.2) is 51.8 Å². The molecule has 1 heterocycles. The number of imide groups is 1. The van der Waals surface area contributed by atoms with Crippen molar-refractivity contribution >= 4 is 44.9 Å². The van der Waals surface area contributed by atoms with Crippen molar-refractivity contribution in [3.05, 3.63) is 63.0 Å². The fourth-order valence-electron chi connectivity index (χ4n) is 2.52. The Kier molecular flexibility index (Phi) is 5.68. The molecule has 2 aromatic carbocycles. The van der Waals surface area contributed by atoms with Crippen LogP contribution in [0.4, 0.5) is 4.79 Å². The Morgan fingerprint density at radius 2 is 1.77 bits per heavy atom. The highest BCUT2D eigenvalue weighted by molar-refractivity contribution is 9.10. The molecule has 3 rings (SSSR count). The molecule has 0 atom stereocenters. The monoisotopic (exact) mass is 433 g/mol. The van der Waals surface area contributed by atoms with Crippen LogP contribution in [-0.2, 0) is 11.3 Å². The third-order valence-electron chi connectivity index (χ3n) is 3.77. The summed E-state index contributed by atoms with van der Waals surface area (Å²) in [4.78, 5) is 26.6. The largest absolute Gasteiger partial charge is 0.497 e. The summed E-state index contributed by atoms with van der Waals surface area (Å²) in [5.74, 6) is 0.926. The molecule has 0 unspecified atom stereocenters. The first-order chi connectivity index (χ1) is 12.5. The number of thioether (sulfide) groups is 1. The van der Waals surface area contributed by atoms with Gasteiger partial charge in [-0.2, -0.15) is 0 Å². The van der Waals surface area contributed by atoms with Crippen LogP contribution >= 0.6 is 27.7 Å². The smallest absolute Gasteiger partial charge is 0.293 e. The normalized spacial score (nSPS) is 15.7. The quantitative estimate of drug-likeness (QED) is 0.639. The van der Waals surface area contributed by atoms with E-state index in [1.165, 1.54) is 4.90 Å². The van der Waals surface area contributed by atoms with E-state index in [9.17, 15) is 9.59 Å². The van der Waals surface area contributed by atoms with Gasteiger partial charge in [-0.05, 0) is 53.2 Å². The van der Waals surface area contributed by atoms with Gasteiger partial charge in [0.1, 0.15) is 11.5 Å². The molecule has 0 spiro atoms. The Hall–Kier alpha value is -2.25. The van der Waals surface area contributed by atoms with Gasteiger partial charge >= 0.3 is 0 Å². The van der Waals surface area contributed by atoms with Crippen LogP contribution < -0.4 is 9.47 Å². The zero-order valence-corrected chi connectivity index (χ0v) is 16.6. The van der Waals surface area contributed by atoms with Gasteiger partial charge in [-0.15, -0.1) is 0 Å². The van der Waals surface area contributed by atoms with Gasteiger partial charge in [0.25, 0.3) is 11.1 Å². The maximum absolute atomic E-state index is 12.7. The summed E-state index contributed by atoms with van der Waals surface area (Å²) in [7, 11) is 3.12. The highest BCUT2D eigenvalue weighted by atomic mass is 79.9. The molecule has 1 aliphatic heterocycles. The van der Waals surface area contributed by atoms with E-state index in [-0.39, 0.29) is 17.7 Å². The predicted molar refractivity (Wildman–Crippen MR) is 105 cm³/mol. The van der Waals surface area contributed by atoms with Crippen LogP contribution in [0.25, 0.3) is 6.08 Å². The average molecular weight is 434 g/mol. The molecule has 26 heavy (non-hydrogen) atoms. The Morgan fingerprint density at radius 1 is 1.08 bits per heavy atom. The van der Waals surface area contributed by atoms with E-state index in [1.807, 2.05) is 24.3 Å². The summed E-state index contributed by atoms with van der Waals surface area (Å²) in [6, 6.07) is 12.8. The Morgan fingerprint density at radius 3 is 2.38 bits per heavy atom. The van der Waals surface area contributed by atoms with Gasteiger partial charge in [0.15, 0.2) is 0 Å². The molecule has 0 radical (unpaired) electrons. The second-order valence-corrected chi connectivity index (χ2v) is 7.45. The van der Waals surface area contributed by atoms with Crippen LogP contribution in [0.1, 0.15) is 11.1 Å². The molecule has 2 aromatic rings. The maximum Gasteiger partial charge on any atom is 0.293 e. The minimum atomic E-state index is -0.304. The third-order valence-corrected chi connectivity index (χ3v) is 5.18. The van der Waals surface area contributed by atoms with Crippen molar-refractivity contribution in [2.45, 2.75) is 6.54 Å². The van der Waals surface area contributed by atoms with Gasteiger partial charge in [-0.1, -0.05) is 28.1 Å². The van der Waals surface area contributed by atoms with Crippen molar-refractivity contribution < 1.29 is 19.1 Å². The molecule has 1 fully saturated rings. The maximum atomic E-state index is 12.7. The summed E-state index contributed by atoms with van der Waals surface area (Å²) in [5, 5.41) is -0.281. The number of carbonyl (C=O) groups is 2. The molecule has 2 amide bonds. The first kappa shape index (κ1) is 18.5. The summed E-state index contributed by atoms with van der Waals surface area (Å²) in [6.45, 7) is 0.239. The van der Waals surface area contributed by atoms with Crippen molar-refractivity contribution in [3.8, 4) is 11.5 Å². The van der Waals surface area contributed by atoms with Crippen LogP contribution in [0.5, 0.6) is 11.5 Å². The number of hydrogen-bond donors (Lipinski definition) is 0. The lowest BCUT2D eigenvalue weighted by Gasteiger charge is -2.12. The molecule has 1 aliphatic rings. The van der Waals surface area contributed by atoms with E-state index in [1.54, 1.807) is 38.5 Å². The number of benzene rings is 2. The standard InChI is InChI=1S/C19H16BrNO4S/c1-24-15-7-13(8-16(10-15)25-2)9-17-18(22)21(19(23)26-17)11-12-4-3-5-14(20)6-12/h3-10H,11H2,1-2H3/b17-9+. The van der Waals surface area contributed by atoms with Gasteiger partial charge < -0.3 is 9.47 Å². The first-order valence-electron chi connectivity index (χ1n) is 7.73. The van der Waals surface area contributed by atoms with Crippen molar-refractivity contribution in [2.75, 3.05) is 14.2 Å². The van der Waals surface area contributed by atoms with E-state index in [2.05, 4.69) is 15.9 Å². The zero-order chi connectivity index (χ0) is 18.7. The van der Waals surface area contributed by atoms with Crippen molar-refractivity contribution in [1.82, 2.24) is 4.90 Å². The summed E-state index contributed by atoms with van der Waals surface area (Å²) < 4.78 is 11.4. The van der Waals surface area contributed by atoms with Crippen molar-refractivity contribution in [2.24, 2.45) is 0 Å². The molecule has 5 nitrogen and oxygen atoms in total. The lowest BCUT2D eigenvalue weighted by Crippen LogP contribution is -2.27. The van der Waals surface area contributed by atoms with Crippen LogP contribution in [0.2, 0.25) is 0 Å². The molecule has 0 saturated carbocycles. The summed E-state index contributed by atoms with van der Waals surface area (Å²) in [6.07, 6.45) is 1.68. The lowest BCUT2D eigenvalue weighted by atomic mass is 10.1. The molecule has 0 aliphatic carbocycles. The number of rotatable bonds is 5. The van der Waals surface area contributed by atoms with Gasteiger partial charge in [-0.25, -0.2) is 0 Å². The summed E-state index contributed by atoms with van der Waals surface area (Å²) >= 11 is 4.33. The van der Waals surface area contributed by atoms with E-state index >= 15 is 0 Å². The number of hydrogen-bond acceptors (Lipinski definition) is 5. The minimum absolute atomic E-state index is 0.239. The molecule has 1 saturated heterocycles. The number of ether oxygens (including phenoxy) is 2. The highest BCUT2D eigenvalue weighted by Gasteiger charge is 2.35. The van der Waals surface area contributed by atoms with Crippen LogP contribution in [0, 0.1) is 0 Å². The number of halogens is 1. The predicted octanol–water partition coefficient (Wildman–Crippen LogP) is 4.70.